The Balaban J connectivity index is 1.77. The zero-order valence-corrected chi connectivity index (χ0v) is 20.3. The highest BCUT2D eigenvalue weighted by Crippen LogP contribution is 2.33. The van der Waals surface area contributed by atoms with Crippen LogP contribution in [0.5, 0.6) is 0 Å². The second-order valence-corrected chi connectivity index (χ2v) is 9.46. The Bertz CT molecular complexity index is 1670. The molecule has 0 saturated heterocycles. The molecule has 3 aromatic heterocycles. The molecule has 1 unspecified atom stereocenters. The molecule has 5 rings (SSSR count). The molecule has 0 aliphatic carbocycles. The standard InChI is InChI=1S/C27H23N3O4S/c1-4-20-23(17-10-12-18(13-11-17)27(32)34-3)26(31)29(2)22-16-28-25-21(24(20)22)14-15-30(25)35(33)19-8-6-5-7-9-19/h5-16H,4H2,1-3H3. The number of nitrogens with zero attached hydrogens (tertiary/aromatic N) is 3. The molecule has 35 heavy (non-hydrogen) atoms. The smallest absolute Gasteiger partial charge is 0.337 e. The first-order valence-electron chi connectivity index (χ1n) is 11.1. The Morgan fingerprint density at radius 3 is 2.43 bits per heavy atom. The van der Waals surface area contributed by atoms with Crippen LogP contribution in [0.1, 0.15) is 22.8 Å². The summed E-state index contributed by atoms with van der Waals surface area (Å²) < 4.78 is 21.3. The Morgan fingerprint density at radius 2 is 1.77 bits per heavy atom. The molecule has 7 nitrogen and oxygen atoms in total. The quantitative estimate of drug-likeness (QED) is 0.343. The van der Waals surface area contributed by atoms with Crippen LogP contribution in [0.15, 0.2) is 82.7 Å². The zero-order valence-electron chi connectivity index (χ0n) is 19.5. The first-order chi connectivity index (χ1) is 17.0. The van der Waals surface area contributed by atoms with Crippen LogP contribution in [-0.2, 0) is 29.2 Å². The number of esters is 1. The number of hydrogen-bond donors (Lipinski definition) is 0. The second-order valence-electron chi connectivity index (χ2n) is 8.10. The van der Waals surface area contributed by atoms with Crippen LogP contribution in [0.2, 0.25) is 0 Å². The van der Waals surface area contributed by atoms with Crippen molar-refractivity contribution in [1.29, 1.82) is 0 Å². The van der Waals surface area contributed by atoms with E-state index in [4.69, 9.17) is 4.74 Å². The number of fused-ring (bicyclic) bond motifs is 3. The summed E-state index contributed by atoms with van der Waals surface area (Å²) >= 11 is 0. The van der Waals surface area contributed by atoms with E-state index < -0.39 is 17.0 Å². The summed E-state index contributed by atoms with van der Waals surface area (Å²) in [6.07, 6.45) is 4.05. The maximum absolute atomic E-state index is 13.5. The van der Waals surface area contributed by atoms with E-state index in [1.165, 1.54) is 7.11 Å². The zero-order chi connectivity index (χ0) is 24.7. The number of benzene rings is 2. The van der Waals surface area contributed by atoms with E-state index >= 15 is 0 Å². The third kappa shape index (κ3) is 3.66. The van der Waals surface area contributed by atoms with Gasteiger partial charge in [-0.2, -0.15) is 0 Å². The van der Waals surface area contributed by atoms with E-state index in [1.807, 2.05) is 43.3 Å². The first kappa shape index (κ1) is 22.7. The minimum atomic E-state index is -1.46. The van der Waals surface area contributed by atoms with Gasteiger partial charge in [0.2, 0.25) is 0 Å². The van der Waals surface area contributed by atoms with Gasteiger partial charge in [-0.1, -0.05) is 37.3 Å². The normalized spacial score (nSPS) is 12.2. The number of methoxy groups -OCH3 is 1. The van der Waals surface area contributed by atoms with Gasteiger partial charge < -0.3 is 9.30 Å². The first-order valence-corrected chi connectivity index (χ1v) is 12.2. The number of aromatic nitrogens is 3. The van der Waals surface area contributed by atoms with Crippen LogP contribution in [-0.4, -0.2) is 30.8 Å². The SMILES string of the molecule is CCc1c(-c2ccc(C(=O)OC)cc2)c(=O)n(C)c2cnc3c(ccn3S(=O)c3ccccc3)c12. The summed E-state index contributed by atoms with van der Waals surface area (Å²) in [5, 5.41) is 1.72. The predicted molar refractivity (Wildman–Crippen MR) is 137 cm³/mol. The van der Waals surface area contributed by atoms with Crippen molar-refractivity contribution >= 4 is 38.9 Å². The summed E-state index contributed by atoms with van der Waals surface area (Å²) in [4.78, 5) is 30.6. The number of rotatable bonds is 5. The van der Waals surface area contributed by atoms with Crippen molar-refractivity contribution in [1.82, 2.24) is 13.5 Å². The van der Waals surface area contributed by atoms with Crippen molar-refractivity contribution in [3.63, 3.8) is 0 Å². The van der Waals surface area contributed by atoms with Crippen molar-refractivity contribution in [2.75, 3.05) is 7.11 Å². The minimum absolute atomic E-state index is 0.145. The van der Waals surface area contributed by atoms with Crippen LogP contribution >= 0.6 is 0 Å². The predicted octanol–water partition coefficient (Wildman–Crippen LogP) is 4.48. The molecule has 5 aromatic rings. The molecule has 0 bridgehead atoms. The van der Waals surface area contributed by atoms with Gasteiger partial charge in [0.05, 0.1) is 34.8 Å². The third-order valence-corrected chi connectivity index (χ3v) is 7.54. The molecule has 8 heteroatoms. The summed E-state index contributed by atoms with van der Waals surface area (Å²) in [5.74, 6) is -0.431. The Labute approximate surface area is 204 Å². The van der Waals surface area contributed by atoms with Gasteiger partial charge in [0, 0.05) is 24.0 Å². The lowest BCUT2D eigenvalue weighted by molar-refractivity contribution is 0.0600. The Hall–Kier alpha value is -4.04. The molecule has 0 aliphatic heterocycles. The van der Waals surface area contributed by atoms with Crippen molar-refractivity contribution in [2.45, 2.75) is 18.2 Å². The van der Waals surface area contributed by atoms with Crippen molar-refractivity contribution in [2.24, 2.45) is 7.05 Å². The van der Waals surface area contributed by atoms with E-state index in [2.05, 4.69) is 4.98 Å². The van der Waals surface area contributed by atoms with Gasteiger partial charge in [-0.25, -0.2) is 18.0 Å². The number of carbonyl (C=O) groups is 1. The molecule has 176 valence electrons. The number of ether oxygens (including phenoxy) is 1. The summed E-state index contributed by atoms with van der Waals surface area (Å²) in [6, 6.07) is 18.0. The van der Waals surface area contributed by atoms with E-state index in [-0.39, 0.29) is 5.56 Å². The van der Waals surface area contributed by atoms with Gasteiger partial charge >= 0.3 is 5.97 Å². The monoisotopic (exact) mass is 485 g/mol. The summed E-state index contributed by atoms with van der Waals surface area (Å²) in [5.41, 5.74) is 3.73. The highest BCUT2D eigenvalue weighted by atomic mass is 32.2. The molecule has 0 amide bonds. The molecule has 0 saturated carbocycles. The number of pyridine rings is 2. The maximum atomic E-state index is 13.5. The van der Waals surface area contributed by atoms with Gasteiger partial charge in [-0.3, -0.25) is 4.79 Å². The largest absolute Gasteiger partial charge is 0.465 e. The van der Waals surface area contributed by atoms with Gasteiger partial charge in [-0.15, -0.1) is 0 Å². The van der Waals surface area contributed by atoms with Crippen molar-refractivity contribution < 1.29 is 13.7 Å². The second kappa shape index (κ2) is 8.96. The number of aryl methyl sites for hydroxylation is 2. The minimum Gasteiger partial charge on any atom is -0.465 e. The highest BCUT2D eigenvalue weighted by molar-refractivity contribution is 7.83. The van der Waals surface area contributed by atoms with Crippen LogP contribution in [0.25, 0.3) is 33.1 Å². The molecule has 0 aliphatic rings. The highest BCUT2D eigenvalue weighted by Gasteiger charge is 2.21. The van der Waals surface area contributed by atoms with Crippen LogP contribution in [0, 0.1) is 0 Å². The molecule has 0 spiro atoms. The Kier molecular flexibility index (Phi) is 5.82. The van der Waals surface area contributed by atoms with Crippen LogP contribution < -0.4 is 5.56 Å². The fourth-order valence-corrected chi connectivity index (χ4v) is 5.57. The lowest BCUT2D eigenvalue weighted by Crippen LogP contribution is -2.21. The van der Waals surface area contributed by atoms with Gasteiger partial charge in [0.15, 0.2) is 16.6 Å². The molecule has 3 heterocycles. The summed E-state index contributed by atoms with van der Waals surface area (Å²) in [7, 11) is 1.60. The molecule has 2 aromatic carbocycles. The Morgan fingerprint density at radius 1 is 1.06 bits per heavy atom. The summed E-state index contributed by atoms with van der Waals surface area (Å²) in [6.45, 7) is 2.01. The molecule has 0 radical (unpaired) electrons. The third-order valence-electron chi connectivity index (χ3n) is 6.22. The van der Waals surface area contributed by atoms with E-state index in [9.17, 15) is 13.8 Å². The average Bonchev–Trinajstić information content (AvgIpc) is 3.34. The van der Waals surface area contributed by atoms with E-state index in [0.29, 0.717) is 39.2 Å². The fraction of sp³-hybridized carbons (Fsp3) is 0.148. The number of carbonyl (C=O) groups excluding carboxylic acids is 1. The lowest BCUT2D eigenvalue weighted by Gasteiger charge is -2.16. The van der Waals surface area contributed by atoms with E-state index in [1.54, 1.807) is 52.2 Å². The van der Waals surface area contributed by atoms with Crippen molar-refractivity contribution in [3.05, 3.63) is 94.5 Å². The topological polar surface area (TPSA) is 83.2 Å². The average molecular weight is 486 g/mol. The molecule has 0 N–H and O–H groups in total. The van der Waals surface area contributed by atoms with Gasteiger partial charge in [0.1, 0.15) is 0 Å². The molecule has 0 fully saturated rings. The van der Waals surface area contributed by atoms with Crippen LogP contribution in [0.3, 0.4) is 0 Å². The fourth-order valence-electron chi connectivity index (χ4n) is 4.48. The molecule has 1 atom stereocenters. The maximum Gasteiger partial charge on any atom is 0.337 e. The molecular weight excluding hydrogens is 462 g/mol. The van der Waals surface area contributed by atoms with Gasteiger partial charge in [0.25, 0.3) is 5.56 Å². The van der Waals surface area contributed by atoms with Crippen molar-refractivity contribution in [3.8, 4) is 11.1 Å². The number of hydrogen-bond acceptors (Lipinski definition) is 5. The lowest BCUT2D eigenvalue weighted by atomic mass is 9.94. The molecular formula is C27H23N3O4S. The van der Waals surface area contributed by atoms with Gasteiger partial charge in [-0.05, 0) is 47.9 Å². The van der Waals surface area contributed by atoms with E-state index in [0.717, 1.165) is 16.3 Å². The van der Waals surface area contributed by atoms with Crippen LogP contribution in [0.4, 0.5) is 0 Å².